The summed E-state index contributed by atoms with van der Waals surface area (Å²) in [6, 6.07) is 5.97. The molecule has 0 saturated carbocycles. The van der Waals surface area contributed by atoms with Crippen molar-refractivity contribution < 1.29 is 42.3 Å². The molecule has 172 valence electrons. The van der Waals surface area contributed by atoms with Crippen LogP contribution in [0.5, 0.6) is 11.5 Å². The summed E-state index contributed by atoms with van der Waals surface area (Å²) in [4.78, 5) is 25.8. The number of hydrogen-bond acceptors (Lipinski definition) is 8. The lowest BCUT2D eigenvalue weighted by atomic mass is 10.1. The van der Waals surface area contributed by atoms with Crippen molar-refractivity contribution in [2.75, 3.05) is 20.3 Å². The van der Waals surface area contributed by atoms with Crippen LogP contribution in [0.4, 0.5) is 18.9 Å². The van der Waals surface area contributed by atoms with Crippen molar-refractivity contribution in [3.05, 3.63) is 62.7 Å². The first-order valence-corrected chi connectivity index (χ1v) is 8.88. The van der Waals surface area contributed by atoms with Crippen molar-refractivity contribution in [1.82, 2.24) is 5.59 Å². The fourth-order valence-electron chi connectivity index (χ4n) is 2.34. The minimum absolute atomic E-state index is 0.00233. The van der Waals surface area contributed by atoms with Crippen molar-refractivity contribution >= 4 is 29.0 Å². The molecule has 0 saturated heterocycles. The number of ether oxygens (including phenoxy) is 2. The molecule has 14 heteroatoms. The number of hydrazone groups is 1. The molecule has 0 unspecified atom stereocenters. The molecule has 0 heterocycles. The predicted molar refractivity (Wildman–Crippen MR) is 105 cm³/mol. The fourth-order valence-corrected chi connectivity index (χ4v) is 2.56. The van der Waals surface area contributed by atoms with Gasteiger partial charge in [0.1, 0.15) is 17.2 Å². The van der Waals surface area contributed by atoms with Crippen LogP contribution in [0.3, 0.4) is 0 Å². The number of carboxylic acids is 1. The normalized spacial score (nSPS) is 11.8. The number of alkyl halides is 3. The summed E-state index contributed by atoms with van der Waals surface area (Å²) >= 11 is 5.88. The second kappa shape index (κ2) is 10.7. The van der Waals surface area contributed by atoms with Crippen molar-refractivity contribution in [2.24, 2.45) is 5.10 Å². The number of nitro benzene ring substituents is 1. The van der Waals surface area contributed by atoms with Gasteiger partial charge in [-0.2, -0.15) is 23.9 Å². The van der Waals surface area contributed by atoms with E-state index in [2.05, 4.69) is 9.94 Å². The smallest absolute Gasteiger partial charge is 0.416 e. The number of carboxylic acid groups (broad SMARTS) is 1. The number of halogens is 4. The van der Waals surface area contributed by atoms with E-state index in [9.17, 15) is 28.1 Å². The molecule has 0 fully saturated rings. The summed E-state index contributed by atoms with van der Waals surface area (Å²) in [5, 5.41) is 23.4. The first-order valence-electron chi connectivity index (χ1n) is 8.50. The highest BCUT2D eigenvalue weighted by Crippen LogP contribution is 2.37. The summed E-state index contributed by atoms with van der Waals surface area (Å²) in [6.07, 6.45) is -4.59. The average molecular weight is 478 g/mol. The Morgan fingerprint density at radius 2 is 1.97 bits per heavy atom. The highest BCUT2D eigenvalue weighted by molar-refractivity contribution is 6.32. The van der Waals surface area contributed by atoms with E-state index in [1.807, 2.05) is 5.59 Å². The molecule has 0 aliphatic heterocycles. The number of rotatable bonds is 10. The van der Waals surface area contributed by atoms with Crippen LogP contribution in [-0.2, 0) is 20.5 Å². The SMILES string of the molecule is COC/C(=N\NOCC(=O)O)c1cc(Oc2ccc(C(F)(F)F)cc2Cl)ccc1[N+](=O)[O-]. The van der Waals surface area contributed by atoms with E-state index >= 15 is 0 Å². The standard InChI is InChI=1S/C18H15ClF3N3O7/c1-30-8-14(23-24-31-9-17(26)27)12-7-11(3-4-15(12)25(28)29)32-16-5-2-10(6-13(16)19)18(20,21)22/h2-7,24H,8-9H2,1H3,(H,26,27)/b23-14+. The topological polar surface area (TPSA) is 133 Å². The Balaban J connectivity index is 2.39. The van der Waals surface area contributed by atoms with Gasteiger partial charge in [-0.3, -0.25) is 10.1 Å². The summed E-state index contributed by atoms with van der Waals surface area (Å²) in [7, 11) is 1.29. The van der Waals surface area contributed by atoms with Gasteiger partial charge in [0.05, 0.1) is 27.7 Å². The predicted octanol–water partition coefficient (Wildman–Crippen LogP) is 4.02. The highest BCUT2D eigenvalue weighted by Gasteiger charge is 2.31. The summed E-state index contributed by atoms with van der Waals surface area (Å²) in [6.45, 7) is -0.976. The van der Waals surface area contributed by atoms with Crippen LogP contribution in [0.1, 0.15) is 11.1 Å². The zero-order valence-electron chi connectivity index (χ0n) is 16.2. The van der Waals surface area contributed by atoms with Gasteiger partial charge in [-0.15, -0.1) is 0 Å². The van der Waals surface area contributed by atoms with Crippen LogP contribution in [-0.4, -0.2) is 42.0 Å². The van der Waals surface area contributed by atoms with E-state index in [-0.39, 0.29) is 34.4 Å². The van der Waals surface area contributed by atoms with E-state index in [0.29, 0.717) is 6.07 Å². The number of nitrogens with zero attached hydrogens (tertiary/aromatic N) is 2. The Bertz CT molecular complexity index is 1030. The van der Waals surface area contributed by atoms with E-state index in [4.69, 9.17) is 26.2 Å². The maximum absolute atomic E-state index is 12.8. The summed E-state index contributed by atoms with van der Waals surface area (Å²) in [5.41, 5.74) is 0.506. The molecule has 2 aromatic rings. The van der Waals surface area contributed by atoms with Crippen molar-refractivity contribution in [1.29, 1.82) is 0 Å². The van der Waals surface area contributed by atoms with Gasteiger partial charge in [0.25, 0.3) is 5.69 Å². The average Bonchev–Trinajstić information content (AvgIpc) is 2.70. The van der Waals surface area contributed by atoms with Crippen LogP contribution in [0.2, 0.25) is 5.02 Å². The Hall–Kier alpha value is -3.42. The largest absolute Gasteiger partial charge is 0.479 e. The highest BCUT2D eigenvalue weighted by atomic mass is 35.5. The van der Waals surface area contributed by atoms with Crippen LogP contribution in [0, 0.1) is 10.1 Å². The molecule has 2 rings (SSSR count). The Morgan fingerprint density at radius 3 is 2.53 bits per heavy atom. The third kappa shape index (κ3) is 6.80. The number of aliphatic carboxylic acids is 1. The zero-order chi connectivity index (χ0) is 23.9. The number of nitro groups is 1. The van der Waals surface area contributed by atoms with Gasteiger partial charge in [0.15, 0.2) is 6.61 Å². The molecule has 0 aliphatic carbocycles. The van der Waals surface area contributed by atoms with Gasteiger partial charge >= 0.3 is 12.1 Å². The molecular formula is C18H15ClF3N3O7. The lowest BCUT2D eigenvalue weighted by Gasteiger charge is -2.13. The van der Waals surface area contributed by atoms with Gasteiger partial charge < -0.3 is 14.6 Å². The lowest BCUT2D eigenvalue weighted by molar-refractivity contribution is -0.385. The van der Waals surface area contributed by atoms with Crippen LogP contribution >= 0.6 is 11.6 Å². The molecule has 10 nitrogen and oxygen atoms in total. The lowest BCUT2D eigenvalue weighted by Crippen LogP contribution is -2.20. The maximum atomic E-state index is 12.8. The van der Waals surface area contributed by atoms with E-state index in [0.717, 1.165) is 18.2 Å². The first kappa shape index (κ1) is 24.8. The number of methoxy groups -OCH3 is 1. The van der Waals surface area contributed by atoms with Gasteiger partial charge in [-0.05, 0) is 30.3 Å². The molecule has 0 aromatic heterocycles. The van der Waals surface area contributed by atoms with E-state index in [1.54, 1.807) is 0 Å². The summed E-state index contributed by atoms with van der Waals surface area (Å²) in [5.74, 6) is -1.40. The molecule has 2 aromatic carbocycles. The van der Waals surface area contributed by atoms with Gasteiger partial charge in [0, 0.05) is 13.2 Å². The number of nitrogens with one attached hydrogen (secondary N) is 1. The van der Waals surface area contributed by atoms with Crippen LogP contribution < -0.4 is 10.3 Å². The molecule has 0 amide bonds. The maximum Gasteiger partial charge on any atom is 0.416 e. The van der Waals surface area contributed by atoms with Crippen molar-refractivity contribution in [3.63, 3.8) is 0 Å². The zero-order valence-corrected chi connectivity index (χ0v) is 16.9. The van der Waals surface area contributed by atoms with Gasteiger partial charge in [-0.25, -0.2) is 9.63 Å². The fraction of sp³-hybridized carbons (Fsp3) is 0.222. The third-order valence-corrected chi connectivity index (χ3v) is 3.98. The minimum atomic E-state index is -4.59. The Morgan fingerprint density at radius 1 is 1.25 bits per heavy atom. The van der Waals surface area contributed by atoms with E-state index in [1.165, 1.54) is 19.2 Å². The second-order valence-corrected chi connectivity index (χ2v) is 6.35. The third-order valence-electron chi connectivity index (χ3n) is 3.68. The van der Waals surface area contributed by atoms with E-state index < -0.39 is 34.9 Å². The van der Waals surface area contributed by atoms with Crippen LogP contribution in [0.25, 0.3) is 0 Å². The molecular weight excluding hydrogens is 463 g/mol. The monoisotopic (exact) mass is 477 g/mol. The van der Waals surface area contributed by atoms with Gasteiger partial charge in [-0.1, -0.05) is 11.6 Å². The number of benzene rings is 2. The quantitative estimate of drug-likeness (QED) is 0.227. The molecule has 0 radical (unpaired) electrons. The molecule has 0 aliphatic rings. The van der Waals surface area contributed by atoms with Crippen molar-refractivity contribution in [2.45, 2.75) is 6.18 Å². The molecule has 0 atom stereocenters. The molecule has 0 spiro atoms. The number of hydrogen-bond donors (Lipinski definition) is 2. The molecule has 0 bridgehead atoms. The Kier molecular flexibility index (Phi) is 8.34. The Labute approximate surface area is 183 Å². The molecule has 2 N–H and O–H groups in total. The van der Waals surface area contributed by atoms with Crippen LogP contribution in [0.15, 0.2) is 41.5 Å². The first-order chi connectivity index (χ1) is 15.0. The van der Waals surface area contributed by atoms with Crippen molar-refractivity contribution in [3.8, 4) is 11.5 Å². The second-order valence-electron chi connectivity index (χ2n) is 5.95. The minimum Gasteiger partial charge on any atom is -0.479 e. The van der Waals surface area contributed by atoms with Gasteiger partial charge in [0.2, 0.25) is 0 Å². The molecule has 32 heavy (non-hydrogen) atoms. The number of carbonyl (C=O) groups is 1. The summed E-state index contributed by atoms with van der Waals surface area (Å²) < 4.78 is 48.8.